The number of anilines is 1. The van der Waals surface area contributed by atoms with Gasteiger partial charge in [-0.3, -0.25) is 4.90 Å². The van der Waals surface area contributed by atoms with Crippen molar-refractivity contribution < 1.29 is 9.47 Å². The quantitative estimate of drug-likeness (QED) is 0.376. The molecule has 5 heteroatoms. The van der Waals surface area contributed by atoms with Crippen LogP contribution in [-0.4, -0.2) is 50.8 Å². The largest absolute Gasteiger partial charge is 0.492 e. The zero-order chi connectivity index (χ0) is 26.3. The molecule has 3 aromatic rings. The molecule has 2 unspecified atom stereocenters. The Morgan fingerprint density at radius 2 is 1.54 bits per heavy atom. The first-order chi connectivity index (χ1) is 19.3. The number of ether oxygens (including phenoxy) is 2. The minimum atomic E-state index is 0.272. The zero-order valence-corrected chi connectivity index (χ0v) is 22.7. The number of para-hydroxylation sites is 1. The van der Waals surface area contributed by atoms with Gasteiger partial charge in [-0.15, -0.1) is 0 Å². The number of benzene rings is 3. The van der Waals surface area contributed by atoms with E-state index in [2.05, 4.69) is 106 Å². The molecule has 2 atom stereocenters. The number of hydrogen-bond donors (Lipinski definition) is 1. The maximum Gasteiger partial charge on any atom is 0.119 e. The summed E-state index contributed by atoms with van der Waals surface area (Å²) in [6.07, 6.45) is 6.62. The van der Waals surface area contributed by atoms with Gasteiger partial charge in [-0.1, -0.05) is 66.2 Å². The van der Waals surface area contributed by atoms with E-state index in [1.54, 1.807) is 0 Å². The predicted octanol–water partition coefficient (Wildman–Crippen LogP) is 5.97. The van der Waals surface area contributed by atoms with Crippen LogP contribution < -0.4 is 15.0 Å². The SMILES string of the molecule is C1=C(OCc2ccccc2)C=C2CCN(c3ccccc3)C(c3ccc(OCCN4CCNCC4)cc3)C2C1. The van der Waals surface area contributed by atoms with Crippen LogP contribution in [0.5, 0.6) is 5.75 Å². The van der Waals surface area contributed by atoms with Crippen molar-refractivity contribution in [1.82, 2.24) is 10.2 Å². The second kappa shape index (κ2) is 12.5. The van der Waals surface area contributed by atoms with Crippen LogP contribution in [0, 0.1) is 5.92 Å². The summed E-state index contributed by atoms with van der Waals surface area (Å²) in [7, 11) is 0. The van der Waals surface area contributed by atoms with Gasteiger partial charge in [-0.25, -0.2) is 0 Å². The third-order valence-electron chi connectivity index (χ3n) is 8.18. The van der Waals surface area contributed by atoms with Crippen LogP contribution in [0.1, 0.15) is 30.0 Å². The second-order valence-corrected chi connectivity index (χ2v) is 10.7. The van der Waals surface area contributed by atoms with Gasteiger partial charge >= 0.3 is 0 Å². The molecule has 0 saturated carbocycles. The molecule has 2 aliphatic heterocycles. The average molecular weight is 522 g/mol. The molecule has 0 amide bonds. The average Bonchev–Trinajstić information content (AvgIpc) is 3.01. The van der Waals surface area contributed by atoms with Crippen LogP contribution in [0.2, 0.25) is 0 Å². The lowest BCUT2D eigenvalue weighted by atomic mass is 9.76. The van der Waals surface area contributed by atoms with Gasteiger partial charge in [0, 0.05) is 50.9 Å². The fraction of sp³-hybridized carbons (Fsp3) is 0.353. The van der Waals surface area contributed by atoms with Gasteiger partial charge in [0.25, 0.3) is 0 Å². The van der Waals surface area contributed by atoms with Gasteiger partial charge in [0.15, 0.2) is 0 Å². The van der Waals surface area contributed by atoms with Crippen LogP contribution in [-0.2, 0) is 11.3 Å². The third-order valence-corrected chi connectivity index (χ3v) is 8.18. The lowest BCUT2D eigenvalue weighted by molar-refractivity contribution is 0.191. The van der Waals surface area contributed by atoms with Gasteiger partial charge in [-0.05, 0) is 60.4 Å². The molecule has 0 spiro atoms. The van der Waals surface area contributed by atoms with Gasteiger partial charge in [0.05, 0.1) is 6.04 Å². The van der Waals surface area contributed by atoms with E-state index >= 15 is 0 Å². The Kier molecular flexibility index (Phi) is 8.27. The molecule has 2 heterocycles. The molecule has 6 rings (SSSR count). The topological polar surface area (TPSA) is 37.0 Å². The molecule has 39 heavy (non-hydrogen) atoms. The standard InChI is InChI=1S/C34H39N3O2/c1-3-7-27(8-4-1)26-39-32-15-16-33-29(25-32)17-20-37(30-9-5-2-6-10-30)34(33)28-11-13-31(14-12-28)38-24-23-36-21-18-35-19-22-36/h1-15,25,33-35H,16-24,26H2. The van der Waals surface area contributed by atoms with Crippen LogP contribution in [0.15, 0.2) is 108 Å². The van der Waals surface area contributed by atoms with E-state index in [0.717, 1.165) is 70.2 Å². The first-order valence-electron chi connectivity index (χ1n) is 14.4. The van der Waals surface area contributed by atoms with Crippen LogP contribution in [0.3, 0.4) is 0 Å². The summed E-state index contributed by atoms with van der Waals surface area (Å²) in [4.78, 5) is 5.05. The number of piperidine rings is 1. The summed E-state index contributed by atoms with van der Waals surface area (Å²) in [6.45, 7) is 7.65. The third kappa shape index (κ3) is 6.38. The predicted molar refractivity (Wildman–Crippen MR) is 158 cm³/mol. The van der Waals surface area contributed by atoms with Crippen molar-refractivity contribution in [1.29, 1.82) is 0 Å². The van der Waals surface area contributed by atoms with Crippen molar-refractivity contribution in [2.75, 3.05) is 50.8 Å². The fourth-order valence-corrected chi connectivity index (χ4v) is 6.09. The van der Waals surface area contributed by atoms with Crippen LogP contribution in [0.25, 0.3) is 0 Å². The Hall–Kier alpha value is -3.54. The molecule has 0 aromatic heterocycles. The Labute approximate surface area is 232 Å². The zero-order valence-electron chi connectivity index (χ0n) is 22.7. The summed E-state index contributed by atoms with van der Waals surface area (Å²) < 4.78 is 12.3. The highest BCUT2D eigenvalue weighted by atomic mass is 16.5. The fourth-order valence-electron chi connectivity index (χ4n) is 6.09. The minimum absolute atomic E-state index is 0.272. The number of piperazine rings is 1. The lowest BCUT2D eigenvalue weighted by Crippen LogP contribution is -2.44. The molecule has 2 fully saturated rings. The molecule has 1 N–H and O–H groups in total. The highest BCUT2D eigenvalue weighted by Gasteiger charge is 2.36. The van der Waals surface area contributed by atoms with Gasteiger partial charge in [-0.2, -0.15) is 0 Å². The normalized spacial score (nSPS) is 21.5. The van der Waals surface area contributed by atoms with E-state index in [0.29, 0.717) is 12.5 Å². The molecular weight excluding hydrogens is 482 g/mol. The maximum atomic E-state index is 6.22. The van der Waals surface area contributed by atoms with Gasteiger partial charge in [0.2, 0.25) is 0 Å². The van der Waals surface area contributed by atoms with Gasteiger partial charge < -0.3 is 19.7 Å². The van der Waals surface area contributed by atoms with Crippen LogP contribution >= 0.6 is 0 Å². The molecule has 202 valence electrons. The number of rotatable bonds is 9. The van der Waals surface area contributed by atoms with E-state index in [4.69, 9.17) is 9.47 Å². The summed E-state index contributed by atoms with van der Waals surface area (Å²) in [5, 5.41) is 3.41. The highest BCUT2D eigenvalue weighted by Crippen LogP contribution is 2.46. The number of nitrogens with one attached hydrogen (secondary N) is 1. The molecule has 2 saturated heterocycles. The number of hydrogen-bond acceptors (Lipinski definition) is 5. The molecule has 3 aromatic carbocycles. The molecule has 3 aliphatic rings. The summed E-state index contributed by atoms with van der Waals surface area (Å²) >= 11 is 0. The van der Waals surface area contributed by atoms with Crippen molar-refractivity contribution in [2.45, 2.75) is 25.5 Å². The first-order valence-corrected chi connectivity index (χ1v) is 14.4. The van der Waals surface area contributed by atoms with Crippen molar-refractivity contribution in [2.24, 2.45) is 5.92 Å². The smallest absolute Gasteiger partial charge is 0.119 e. The summed E-state index contributed by atoms with van der Waals surface area (Å²) in [5.74, 6) is 2.37. The van der Waals surface area contributed by atoms with Gasteiger partial charge in [0.1, 0.15) is 24.7 Å². The molecular formula is C34H39N3O2. The second-order valence-electron chi connectivity index (χ2n) is 10.7. The highest BCUT2D eigenvalue weighted by molar-refractivity contribution is 5.52. The molecule has 5 nitrogen and oxygen atoms in total. The van der Waals surface area contributed by atoms with Crippen molar-refractivity contribution in [3.8, 4) is 5.75 Å². The summed E-state index contributed by atoms with van der Waals surface area (Å²) in [5.41, 5.74) is 5.32. The van der Waals surface area contributed by atoms with E-state index in [1.165, 1.54) is 22.4 Å². The monoisotopic (exact) mass is 521 g/mol. The Morgan fingerprint density at radius 3 is 2.31 bits per heavy atom. The first kappa shape index (κ1) is 25.7. The molecule has 1 aliphatic carbocycles. The van der Waals surface area contributed by atoms with E-state index in [-0.39, 0.29) is 6.04 Å². The summed E-state index contributed by atoms with van der Waals surface area (Å²) in [6, 6.07) is 30.4. The van der Waals surface area contributed by atoms with Crippen molar-refractivity contribution in [3.05, 3.63) is 120 Å². The van der Waals surface area contributed by atoms with Crippen molar-refractivity contribution in [3.63, 3.8) is 0 Å². The lowest BCUT2D eigenvalue weighted by Gasteiger charge is -2.45. The van der Waals surface area contributed by atoms with Crippen molar-refractivity contribution >= 4 is 5.69 Å². The van der Waals surface area contributed by atoms with Crippen LogP contribution in [0.4, 0.5) is 5.69 Å². The number of fused-ring (bicyclic) bond motifs is 1. The van der Waals surface area contributed by atoms with E-state index < -0.39 is 0 Å². The Morgan fingerprint density at radius 1 is 0.795 bits per heavy atom. The molecule has 0 radical (unpaired) electrons. The number of nitrogens with zero attached hydrogens (tertiary/aromatic N) is 2. The van der Waals surface area contributed by atoms with E-state index in [9.17, 15) is 0 Å². The maximum absolute atomic E-state index is 6.22. The molecule has 0 bridgehead atoms. The minimum Gasteiger partial charge on any atom is -0.492 e. The van der Waals surface area contributed by atoms with E-state index in [1.807, 2.05) is 6.07 Å². The number of allylic oxidation sites excluding steroid dienone is 2. The Bertz CT molecular complexity index is 1250. The Balaban J connectivity index is 1.16.